The van der Waals surface area contributed by atoms with Crippen molar-refractivity contribution in [2.45, 2.75) is 70.4 Å². The number of halogens is 1. The van der Waals surface area contributed by atoms with Gasteiger partial charge in [0, 0.05) is 30.6 Å². The Morgan fingerprint density at radius 2 is 1.68 bits per heavy atom. The Labute approximate surface area is 245 Å². The molecule has 3 amide bonds. The summed E-state index contributed by atoms with van der Waals surface area (Å²) in [4.78, 5) is 52.6. The van der Waals surface area contributed by atoms with E-state index in [0.717, 1.165) is 18.4 Å². The zero-order chi connectivity index (χ0) is 29.7. The van der Waals surface area contributed by atoms with Crippen molar-refractivity contribution in [3.63, 3.8) is 0 Å². The van der Waals surface area contributed by atoms with Gasteiger partial charge in [-0.05, 0) is 82.6 Å². The third-order valence-electron chi connectivity index (χ3n) is 7.77. The lowest BCUT2D eigenvalue weighted by Gasteiger charge is -2.34. The molecule has 1 saturated heterocycles. The third-order valence-corrected chi connectivity index (χ3v) is 8.09. The molecule has 0 radical (unpaired) electrons. The Morgan fingerprint density at radius 3 is 2.29 bits per heavy atom. The van der Waals surface area contributed by atoms with Crippen LogP contribution in [0.5, 0.6) is 0 Å². The normalized spacial score (nSPS) is 22.6. The van der Waals surface area contributed by atoms with Gasteiger partial charge in [0.15, 0.2) is 0 Å². The van der Waals surface area contributed by atoms with E-state index in [1.165, 1.54) is 18.2 Å². The Kier molecular flexibility index (Phi) is 9.58. The molecule has 2 aliphatic rings. The van der Waals surface area contributed by atoms with Crippen LogP contribution in [0.15, 0.2) is 48.5 Å². The number of likely N-dealkylation sites (tertiary alicyclic amines) is 1. The number of hydrogen-bond acceptors (Lipinski definition) is 5. The number of aromatic carboxylic acids is 1. The number of amides is 3. The predicted octanol–water partition coefficient (Wildman–Crippen LogP) is 5.69. The molecule has 2 atom stereocenters. The summed E-state index contributed by atoms with van der Waals surface area (Å²) in [7, 11) is 0. The average molecular weight is 584 g/mol. The van der Waals surface area contributed by atoms with Gasteiger partial charge in [-0.1, -0.05) is 41.9 Å². The van der Waals surface area contributed by atoms with E-state index >= 15 is 0 Å². The molecule has 0 spiro atoms. The molecule has 2 aromatic carbocycles. The van der Waals surface area contributed by atoms with Crippen molar-refractivity contribution in [3.05, 3.63) is 64.7 Å². The van der Waals surface area contributed by atoms with Gasteiger partial charge in [0.1, 0.15) is 11.6 Å². The second kappa shape index (κ2) is 12.9. The number of carboxylic acid groups (broad SMARTS) is 1. The van der Waals surface area contributed by atoms with Crippen LogP contribution in [0.1, 0.15) is 74.7 Å². The fourth-order valence-electron chi connectivity index (χ4n) is 5.79. The van der Waals surface area contributed by atoms with Crippen molar-refractivity contribution in [3.8, 4) is 0 Å². The fourth-order valence-corrected chi connectivity index (χ4v) is 6.05. The summed E-state index contributed by atoms with van der Waals surface area (Å²) in [6.07, 6.45) is 3.19. The first-order valence-corrected chi connectivity index (χ1v) is 14.5. The van der Waals surface area contributed by atoms with Gasteiger partial charge in [-0.3, -0.25) is 9.59 Å². The van der Waals surface area contributed by atoms with Gasteiger partial charge >= 0.3 is 12.1 Å². The van der Waals surface area contributed by atoms with Gasteiger partial charge in [-0.15, -0.1) is 0 Å². The zero-order valence-corrected chi connectivity index (χ0v) is 24.4. The quantitative estimate of drug-likeness (QED) is 0.384. The fraction of sp³-hybridized carbons (Fsp3) is 0.484. The second-order valence-corrected chi connectivity index (χ2v) is 12.3. The van der Waals surface area contributed by atoms with Gasteiger partial charge in [0.2, 0.25) is 11.8 Å². The van der Waals surface area contributed by atoms with Gasteiger partial charge in [0.05, 0.1) is 10.6 Å². The van der Waals surface area contributed by atoms with E-state index in [4.69, 9.17) is 16.3 Å². The maximum absolute atomic E-state index is 13.8. The van der Waals surface area contributed by atoms with Crippen LogP contribution in [0, 0.1) is 11.8 Å². The molecule has 2 unspecified atom stereocenters. The summed E-state index contributed by atoms with van der Waals surface area (Å²) in [6, 6.07) is 13.3. The Morgan fingerprint density at radius 1 is 1.00 bits per heavy atom. The number of alkyl carbamates (subject to hydrolysis) is 1. The number of nitrogens with zero attached hydrogens (tertiary/aromatic N) is 1. The molecule has 1 saturated carbocycles. The molecule has 1 aliphatic heterocycles. The summed E-state index contributed by atoms with van der Waals surface area (Å²) in [5.74, 6) is -1.62. The number of carbonyl (C=O) groups excluding carboxylic acids is 3. The summed E-state index contributed by atoms with van der Waals surface area (Å²) < 4.78 is 5.32. The van der Waals surface area contributed by atoms with Crippen LogP contribution in [0.2, 0.25) is 5.02 Å². The molecule has 3 N–H and O–H groups in total. The number of carbonyl (C=O) groups is 4. The SMILES string of the molecule is CC(C)(C)OC(=O)NCC1CCC(C(=O)N2CCC(c3ccccc3)C2C(=O)Nc2ccc(C(=O)O)c(Cl)c2)CC1. The summed E-state index contributed by atoms with van der Waals surface area (Å²) in [5.41, 5.74) is 0.744. The molecule has 220 valence electrons. The molecule has 9 nitrogen and oxygen atoms in total. The summed E-state index contributed by atoms with van der Waals surface area (Å²) in [6.45, 7) is 6.44. The Bertz CT molecular complexity index is 1270. The maximum Gasteiger partial charge on any atom is 0.407 e. The zero-order valence-electron chi connectivity index (χ0n) is 23.7. The highest BCUT2D eigenvalue weighted by molar-refractivity contribution is 6.33. The largest absolute Gasteiger partial charge is 0.478 e. The number of benzene rings is 2. The van der Waals surface area contributed by atoms with Gasteiger partial charge in [-0.2, -0.15) is 0 Å². The van der Waals surface area contributed by atoms with Crippen LogP contribution >= 0.6 is 11.6 Å². The van der Waals surface area contributed by atoms with Crippen LogP contribution in [0.25, 0.3) is 0 Å². The molecule has 1 aliphatic carbocycles. The first-order valence-electron chi connectivity index (χ1n) is 14.1. The highest BCUT2D eigenvalue weighted by Crippen LogP contribution is 2.38. The number of ether oxygens (including phenoxy) is 1. The van der Waals surface area contributed by atoms with Crippen molar-refractivity contribution in [2.24, 2.45) is 11.8 Å². The summed E-state index contributed by atoms with van der Waals surface area (Å²) >= 11 is 6.13. The van der Waals surface area contributed by atoms with Crippen molar-refractivity contribution in [2.75, 3.05) is 18.4 Å². The molecular formula is C31H38ClN3O6. The molecule has 0 aromatic heterocycles. The molecule has 1 heterocycles. The average Bonchev–Trinajstić information content (AvgIpc) is 3.37. The highest BCUT2D eigenvalue weighted by atomic mass is 35.5. The maximum atomic E-state index is 13.8. The molecule has 4 rings (SSSR count). The minimum atomic E-state index is -1.15. The first kappa shape index (κ1) is 30.4. The second-order valence-electron chi connectivity index (χ2n) is 11.9. The number of rotatable bonds is 7. The van der Waals surface area contributed by atoms with E-state index < -0.39 is 23.7 Å². The molecule has 2 fully saturated rings. The third kappa shape index (κ3) is 7.79. The van der Waals surface area contributed by atoms with Crippen LogP contribution in [-0.4, -0.2) is 58.6 Å². The van der Waals surface area contributed by atoms with E-state index in [-0.39, 0.29) is 40.2 Å². The highest BCUT2D eigenvalue weighted by Gasteiger charge is 2.44. The van der Waals surface area contributed by atoms with E-state index in [2.05, 4.69) is 10.6 Å². The Balaban J connectivity index is 1.43. The van der Waals surface area contributed by atoms with Gasteiger partial charge in [-0.25, -0.2) is 9.59 Å². The van der Waals surface area contributed by atoms with Crippen LogP contribution in [-0.2, 0) is 14.3 Å². The number of carboxylic acids is 1. The number of anilines is 1. The standard InChI is InChI=1S/C31H38ClN3O6/c1-31(2,3)41-30(40)33-18-19-9-11-21(12-10-19)28(37)35-16-15-23(20-7-5-4-6-8-20)26(35)27(36)34-22-13-14-24(29(38)39)25(32)17-22/h4-8,13-14,17,19,21,23,26H,9-12,15-16,18H2,1-3H3,(H,33,40)(H,34,36)(H,38,39). The van der Waals surface area contributed by atoms with Gasteiger partial charge in [0.25, 0.3) is 0 Å². The van der Waals surface area contributed by atoms with Crippen LogP contribution in [0.3, 0.4) is 0 Å². The monoisotopic (exact) mass is 583 g/mol. The van der Waals surface area contributed by atoms with E-state index in [9.17, 15) is 24.3 Å². The lowest BCUT2D eigenvalue weighted by Crippen LogP contribution is -2.48. The van der Waals surface area contributed by atoms with Gasteiger partial charge < -0.3 is 25.4 Å². The van der Waals surface area contributed by atoms with Crippen molar-refractivity contribution in [1.29, 1.82) is 0 Å². The van der Waals surface area contributed by atoms with Crippen LogP contribution in [0.4, 0.5) is 10.5 Å². The van der Waals surface area contributed by atoms with E-state index in [1.807, 2.05) is 51.1 Å². The molecule has 2 aromatic rings. The van der Waals surface area contributed by atoms with Crippen LogP contribution < -0.4 is 10.6 Å². The first-order chi connectivity index (χ1) is 19.4. The molecule has 41 heavy (non-hydrogen) atoms. The minimum Gasteiger partial charge on any atom is -0.478 e. The number of nitrogens with one attached hydrogen (secondary N) is 2. The molecule has 0 bridgehead atoms. The number of hydrogen-bond donors (Lipinski definition) is 3. The Hall–Kier alpha value is -3.59. The summed E-state index contributed by atoms with van der Waals surface area (Å²) in [5, 5.41) is 15.0. The topological polar surface area (TPSA) is 125 Å². The van der Waals surface area contributed by atoms with Crippen molar-refractivity contribution < 1.29 is 29.0 Å². The van der Waals surface area contributed by atoms with E-state index in [0.29, 0.717) is 38.0 Å². The van der Waals surface area contributed by atoms with E-state index in [1.54, 1.807) is 4.90 Å². The lowest BCUT2D eigenvalue weighted by molar-refractivity contribution is -0.141. The minimum absolute atomic E-state index is 0.0205. The predicted molar refractivity (Wildman–Crippen MR) is 156 cm³/mol. The lowest BCUT2D eigenvalue weighted by atomic mass is 9.81. The van der Waals surface area contributed by atoms with Crippen molar-refractivity contribution >= 4 is 41.2 Å². The van der Waals surface area contributed by atoms with Crippen molar-refractivity contribution in [1.82, 2.24) is 10.2 Å². The smallest absolute Gasteiger partial charge is 0.407 e. The molecular weight excluding hydrogens is 546 g/mol. The molecule has 10 heteroatoms.